The molecule has 1 atom stereocenters. The van der Waals surface area contributed by atoms with Gasteiger partial charge in [-0.25, -0.2) is 4.98 Å². The minimum Gasteiger partial charge on any atom is -0.358 e. The smallest absolute Gasteiger partial charge is 0.321 e. The Hall–Kier alpha value is -2.34. The first-order valence-electron chi connectivity index (χ1n) is 6.34. The van der Waals surface area contributed by atoms with Crippen molar-refractivity contribution in [1.29, 1.82) is 0 Å². The number of aromatic amines is 1. The fraction of sp³-hybridized carbons (Fsp3) is 0.214. The van der Waals surface area contributed by atoms with Crippen LogP contribution in [0, 0.1) is 10.1 Å². The van der Waals surface area contributed by atoms with Crippen molar-refractivity contribution in [3.05, 3.63) is 63.8 Å². The lowest BCUT2D eigenvalue weighted by Gasteiger charge is -2.15. The number of nitrogens with zero attached hydrogens (tertiary/aromatic N) is 1. The van der Waals surface area contributed by atoms with Crippen molar-refractivity contribution >= 4 is 23.3 Å². The van der Waals surface area contributed by atoms with E-state index >= 15 is 0 Å². The molecule has 7 heteroatoms. The highest BCUT2D eigenvalue weighted by molar-refractivity contribution is 6.18. The normalized spacial score (nSPS) is 11.9. The van der Waals surface area contributed by atoms with E-state index in [-0.39, 0.29) is 23.4 Å². The second-order valence-corrected chi connectivity index (χ2v) is 4.84. The van der Waals surface area contributed by atoms with Crippen LogP contribution in [0.4, 0.5) is 5.82 Å². The van der Waals surface area contributed by atoms with E-state index in [0.717, 1.165) is 5.56 Å². The first kappa shape index (κ1) is 15.1. The second kappa shape index (κ2) is 6.90. The minimum atomic E-state index is -0.584. The van der Waals surface area contributed by atoms with Crippen LogP contribution < -0.4 is 5.32 Å². The summed E-state index contributed by atoms with van der Waals surface area (Å²) in [5.41, 5.74) is 1.20. The van der Waals surface area contributed by atoms with Gasteiger partial charge in [0.1, 0.15) is 0 Å². The molecule has 1 amide bonds. The van der Waals surface area contributed by atoms with Crippen molar-refractivity contribution in [1.82, 2.24) is 10.3 Å². The van der Waals surface area contributed by atoms with Crippen molar-refractivity contribution in [3.8, 4) is 0 Å². The molecule has 0 saturated heterocycles. The molecule has 0 aliphatic carbocycles. The molecule has 0 radical (unpaired) electrons. The van der Waals surface area contributed by atoms with E-state index in [4.69, 9.17) is 11.6 Å². The zero-order chi connectivity index (χ0) is 15.2. The largest absolute Gasteiger partial charge is 0.358 e. The minimum absolute atomic E-state index is 0.143. The van der Waals surface area contributed by atoms with Gasteiger partial charge >= 0.3 is 5.82 Å². The Morgan fingerprint density at radius 2 is 2.00 bits per heavy atom. The molecule has 0 aliphatic rings. The van der Waals surface area contributed by atoms with Crippen molar-refractivity contribution in [3.63, 3.8) is 0 Å². The summed E-state index contributed by atoms with van der Waals surface area (Å²) < 4.78 is 0. The number of nitrogens with one attached hydrogen (secondary N) is 2. The number of aromatic nitrogens is 1. The van der Waals surface area contributed by atoms with Crippen LogP contribution in [0.5, 0.6) is 0 Å². The molecule has 2 aromatic rings. The predicted molar refractivity (Wildman–Crippen MR) is 79.6 cm³/mol. The molecule has 0 spiro atoms. The predicted octanol–water partition coefficient (Wildman–Crippen LogP) is 2.50. The SMILES string of the molecule is O=C(NC(CCl)Cc1ccccc1)c1ccc([N+](=O)[O-])[nH]1. The van der Waals surface area contributed by atoms with Gasteiger partial charge in [-0.2, -0.15) is 0 Å². The van der Waals surface area contributed by atoms with E-state index in [0.29, 0.717) is 6.42 Å². The quantitative estimate of drug-likeness (QED) is 0.488. The molecule has 0 fully saturated rings. The maximum absolute atomic E-state index is 12.0. The maximum Gasteiger partial charge on any atom is 0.321 e. The van der Waals surface area contributed by atoms with Crippen LogP contribution in [-0.4, -0.2) is 27.7 Å². The fourth-order valence-corrected chi connectivity index (χ4v) is 2.11. The lowest BCUT2D eigenvalue weighted by atomic mass is 10.1. The fourth-order valence-electron chi connectivity index (χ4n) is 1.93. The topological polar surface area (TPSA) is 88.0 Å². The van der Waals surface area contributed by atoms with Crippen molar-refractivity contribution in [2.45, 2.75) is 12.5 Å². The molecule has 2 rings (SSSR count). The number of nitro groups is 1. The number of amides is 1. The lowest BCUT2D eigenvalue weighted by molar-refractivity contribution is -0.389. The number of alkyl halides is 1. The van der Waals surface area contributed by atoms with Gasteiger partial charge in [-0.05, 0) is 23.0 Å². The molecule has 0 saturated carbocycles. The highest BCUT2D eigenvalue weighted by Crippen LogP contribution is 2.11. The van der Waals surface area contributed by atoms with Gasteiger partial charge in [-0.3, -0.25) is 4.79 Å². The molecule has 1 unspecified atom stereocenters. The number of hydrogen-bond acceptors (Lipinski definition) is 3. The van der Waals surface area contributed by atoms with Gasteiger partial charge in [-0.15, -0.1) is 11.6 Å². The van der Waals surface area contributed by atoms with Crippen LogP contribution in [0.1, 0.15) is 16.1 Å². The molecular weight excluding hydrogens is 294 g/mol. The van der Waals surface area contributed by atoms with Crippen LogP contribution in [0.15, 0.2) is 42.5 Å². The number of rotatable bonds is 6. The third-order valence-electron chi connectivity index (χ3n) is 2.96. The summed E-state index contributed by atoms with van der Waals surface area (Å²) in [7, 11) is 0. The summed E-state index contributed by atoms with van der Waals surface area (Å²) in [5, 5.41) is 13.3. The van der Waals surface area contributed by atoms with Gasteiger partial charge in [0.15, 0.2) is 5.69 Å². The van der Waals surface area contributed by atoms with Gasteiger partial charge < -0.3 is 15.4 Å². The Kier molecular flexibility index (Phi) is 4.94. The Bertz CT molecular complexity index is 627. The number of carbonyl (C=O) groups is 1. The Balaban J connectivity index is 2.00. The first-order valence-corrected chi connectivity index (χ1v) is 6.87. The molecule has 0 aliphatic heterocycles. The van der Waals surface area contributed by atoms with E-state index < -0.39 is 10.8 Å². The van der Waals surface area contributed by atoms with E-state index in [1.807, 2.05) is 30.3 Å². The maximum atomic E-state index is 12.0. The number of carbonyl (C=O) groups excluding carboxylic acids is 1. The summed E-state index contributed by atoms with van der Waals surface area (Å²) in [6.07, 6.45) is 0.596. The summed E-state index contributed by atoms with van der Waals surface area (Å²) in [6, 6.07) is 12.0. The zero-order valence-corrected chi connectivity index (χ0v) is 11.8. The molecule has 1 heterocycles. The number of benzene rings is 1. The van der Waals surface area contributed by atoms with Gasteiger partial charge in [0.05, 0.1) is 0 Å². The second-order valence-electron chi connectivity index (χ2n) is 4.53. The van der Waals surface area contributed by atoms with Gasteiger partial charge in [-0.1, -0.05) is 30.3 Å². The lowest BCUT2D eigenvalue weighted by Crippen LogP contribution is -2.38. The summed E-state index contributed by atoms with van der Waals surface area (Å²) >= 11 is 5.87. The monoisotopic (exact) mass is 307 g/mol. The third-order valence-corrected chi connectivity index (χ3v) is 3.33. The highest BCUT2D eigenvalue weighted by Gasteiger charge is 2.18. The number of hydrogen-bond donors (Lipinski definition) is 2. The average Bonchev–Trinajstić information content (AvgIpc) is 2.97. The van der Waals surface area contributed by atoms with Crippen LogP contribution >= 0.6 is 11.6 Å². The van der Waals surface area contributed by atoms with Crippen LogP contribution in [-0.2, 0) is 6.42 Å². The standard InChI is InChI=1S/C14H14ClN3O3/c15-9-11(8-10-4-2-1-3-5-10)16-14(19)12-6-7-13(17-12)18(20)21/h1-7,11,17H,8-9H2,(H,16,19). The van der Waals surface area contributed by atoms with Gasteiger partial charge in [0.2, 0.25) is 0 Å². The van der Waals surface area contributed by atoms with Crippen molar-refractivity contribution < 1.29 is 9.72 Å². The highest BCUT2D eigenvalue weighted by atomic mass is 35.5. The zero-order valence-electron chi connectivity index (χ0n) is 11.1. The summed E-state index contributed by atoms with van der Waals surface area (Å²) in [6.45, 7) is 0. The molecule has 110 valence electrons. The van der Waals surface area contributed by atoms with Crippen LogP contribution in [0.2, 0.25) is 0 Å². The third kappa shape index (κ3) is 4.06. The van der Waals surface area contributed by atoms with Crippen LogP contribution in [0.3, 0.4) is 0 Å². The molecule has 6 nitrogen and oxygen atoms in total. The van der Waals surface area contributed by atoms with Crippen molar-refractivity contribution in [2.24, 2.45) is 0 Å². The molecule has 1 aromatic carbocycles. The van der Waals surface area contributed by atoms with Gasteiger partial charge in [0.25, 0.3) is 5.91 Å². The van der Waals surface area contributed by atoms with E-state index in [2.05, 4.69) is 10.3 Å². The van der Waals surface area contributed by atoms with E-state index in [1.54, 1.807) is 0 Å². The Morgan fingerprint density at radius 3 is 2.57 bits per heavy atom. The Morgan fingerprint density at radius 1 is 1.29 bits per heavy atom. The number of H-pyrrole nitrogens is 1. The summed E-state index contributed by atoms with van der Waals surface area (Å²) in [4.78, 5) is 24.5. The van der Waals surface area contributed by atoms with Crippen molar-refractivity contribution in [2.75, 3.05) is 5.88 Å². The molecule has 0 bridgehead atoms. The molecule has 1 aromatic heterocycles. The summed E-state index contributed by atoms with van der Waals surface area (Å²) in [5.74, 6) is -0.376. The Labute approximate surface area is 126 Å². The average molecular weight is 308 g/mol. The van der Waals surface area contributed by atoms with E-state index in [1.165, 1.54) is 12.1 Å². The van der Waals surface area contributed by atoms with Crippen LogP contribution in [0.25, 0.3) is 0 Å². The molecule has 2 N–H and O–H groups in total. The number of halogens is 1. The molecule has 21 heavy (non-hydrogen) atoms. The van der Waals surface area contributed by atoms with Gasteiger partial charge in [0, 0.05) is 18.0 Å². The molecular formula is C14H14ClN3O3. The first-order chi connectivity index (χ1) is 10.1. The van der Waals surface area contributed by atoms with E-state index in [9.17, 15) is 14.9 Å².